The van der Waals surface area contributed by atoms with Crippen molar-refractivity contribution in [1.82, 2.24) is 9.55 Å². The fourth-order valence-corrected chi connectivity index (χ4v) is 3.16. The number of rotatable bonds is 4. The zero-order valence-corrected chi connectivity index (χ0v) is 14.4. The minimum Gasteiger partial charge on any atom is -0.497 e. The Bertz CT molecular complexity index is 1120. The molecule has 0 spiro atoms. The molecule has 0 fully saturated rings. The number of benzene rings is 3. The molecule has 0 saturated heterocycles. The first-order valence-corrected chi connectivity index (χ1v) is 8.38. The molecule has 0 atom stereocenters. The van der Waals surface area contributed by atoms with Crippen LogP contribution in [0, 0.1) is 11.3 Å². The van der Waals surface area contributed by atoms with Crippen LogP contribution in [0.5, 0.6) is 5.75 Å². The molecule has 4 aromatic rings. The van der Waals surface area contributed by atoms with Crippen LogP contribution in [0.25, 0.3) is 22.4 Å². The van der Waals surface area contributed by atoms with Crippen LogP contribution in [0.1, 0.15) is 11.1 Å². The summed E-state index contributed by atoms with van der Waals surface area (Å²) in [4.78, 5) is 4.83. The van der Waals surface area contributed by atoms with Crippen LogP contribution < -0.4 is 4.74 Å². The molecule has 0 bridgehead atoms. The molecule has 26 heavy (non-hydrogen) atoms. The lowest BCUT2D eigenvalue weighted by molar-refractivity contribution is 0.415. The SMILES string of the molecule is COc1cccc(-c2nc3ccccc3n2Cc2ccccc2C#N)c1. The third-order valence-electron chi connectivity index (χ3n) is 4.45. The lowest BCUT2D eigenvalue weighted by Gasteiger charge is -2.11. The van der Waals surface area contributed by atoms with Crippen molar-refractivity contribution in [2.24, 2.45) is 0 Å². The number of imidazole rings is 1. The third kappa shape index (κ3) is 2.80. The fourth-order valence-electron chi connectivity index (χ4n) is 3.16. The van der Waals surface area contributed by atoms with Crippen LogP contribution in [0.2, 0.25) is 0 Å². The molecular weight excluding hydrogens is 322 g/mol. The van der Waals surface area contributed by atoms with Crippen LogP contribution in [0.3, 0.4) is 0 Å². The van der Waals surface area contributed by atoms with Gasteiger partial charge < -0.3 is 9.30 Å². The van der Waals surface area contributed by atoms with E-state index in [2.05, 4.69) is 16.7 Å². The van der Waals surface area contributed by atoms with E-state index < -0.39 is 0 Å². The Morgan fingerprint density at radius 3 is 2.65 bits per heavy atom. The Balaban J connectivity index is 1.91. The van der Waals surface area contributed by atoms with Crippen molar-refractivity contribution >= 4 is 11.0 Å². The number of methoxy groups -OCH3 is 1. The number of aromatic nitrogens is 2. The van der Waals surface area contributed by atoms with E-state index in [0.29, 0.717) is 12.1 Å². The average Bonchev–Trinajstić information content (AvgIpc) is 3.07. The second kappa shape index (κ2) is 6.73. The summed E-state index contributed by atoms with van der Waals surface area (Å²) >= 11 is 0. The number of hydrogen-bond donors (Lipinski definition) is 0. The minimum absolute atomic E-state index is 0.580. The van der Waals surface area contributed by atoms with Gasteiger partial charge in [0.1, 0.15) is 11.6 Å². The summed E-state index contributed by atoms with van der Waals surface area (Å²) in [7, 11) is 1.66. The van der Waals surface area contributed by atoms with Gasteiger partial charge in [-0.2, -0.15) is 5.26 Å². The number of fused-ring (bicyclic) bond motifs is 1. The molecule has 126 valence electrons. The largest absolute Gasteiger partial charge is 0.497 e. The Morgan fingerprint density at radius 1 is 1.00 bits per heavy atom. The summed E-state index contributed by atoms with van der Waals surface area (Å²) in [6.45, 7) is 0.580. The van der Waals surface area contributed by atoms with Gasteiger partial charge in [0.2, 0.25) is 0 Å². The maximum atomic E-state index is 9.42. The Kier molecular flexibility index (Phi) is 4.12. The molecule has 0 N–H and O–H groups in total. The maximum Gasteiger partial charge on any atom is 0.141 e. The summed E-state index contributed by atoms with van der Waals surface area (Å²) in [6, 6.07) is 25.9. The predicted molar refractivity (Wildman–Crippen MR) is 102 cm³/mol. The molecule has 4 heteroatoms. The van der Waals surface area contributed by atoms with E-state index in [-0.39, 0.29) is 0 Å². The van der Waals surface area contributed by atoms with Gasteiger partial charge in [-0.15, -0.1) is 0 Å². The van der Waals surface area contributed by atoms with E-state index in [4.69, 9.17) is 9.72 Å². The van der Waals surface area contributed by atoms with E-state index in [1.165, 1.54) is 0 Å². The monoisotopic (exact) mass is 339 g/mol. The summed E-state index contributed by atoms with van der Waals surface area (Å²) < 4.78 is 7.52. The number of ether oxygens (including phenoxy) is 1. The van der Waals surface area contributed by atoms with Crippen molar-refractivity contribution < 1.29 is 4.74 Å². The van der Waals surface area contributed by atoms with Gasteiger partial charge in [-0.1, -0.05) is 42.5 Å². The van der Waals surface area contributed by atoms with Crippen molar-refractivity contribution in [3.63, 3.8) is 0 Å². The number of para-hydroxylation sites is 2. The maximum absolute atomic E-state index is 9.42. The quantitative estimate of drug-likeness (QED) is 0.544. The highest BCUT2D eigenvalue weighted by atomic mass is 16.5. The van der Waals surface area contributed by atoms with Crippen LogP contribution in [-0.4, -0.2) is 16.7 Å². The lowest BCUT2D eigenvalue weighted by Crippen LogP contribution is -2.04. The molecule has 1 aromatic heterocycles. The van der Waals surface area contributed by atoms with Gasteiger partial charge in [-0.25, -0.2) is 4.98 Å². The topological polar surface area (TPSA) is 50.8 Å². The standard InChI is InChI=1S/C22H17N3O/c1-26-19-10-6-9-16(13-19)22-24-20-11-4-5-12-21(20)25(22)15-18-8-3-2-7-17(18)14-23/h2-13H,15H2,1H3. The van der Waals surface area contributed by atoms with E-state index >= 15 is 0 Å². The Labute approximate surface area is 151 Å². The molecule has 4 rings (SSSR count). The summed E-state index contributed by atoms with van der Waals surface area (Å²) in [5.74, 6) is 1.65. The smallest absolute Gasteiger partial charge is 0.141 e. The van der Waals surface area contributed by atoms with Crippen LogP contribution in [-0.2, 0) is 6.54 Å². The zero-order chi connectivity index (χ0) is 17.9. The summed E-state index contributed by atoms with van der Waals surface area (Å²) in [5.41, 5.74) is 4.61. The van der Waals surface area contributed by atoms with Gasteiger partial charge in [0.15, 0.2) is 0 Å². The van der Waals surface area contributed by atoms with Crippen molar-refractivity contribution in [2.75, 3.05) is 7.11 Å². The second-order valence-electron chi connectivity index (χ2n) is 6.01. The average molecular weight is 339 g/mol. The fraction of sp³-hybridized carbons (Fsp3) is 0.0909. The van der Waals surface area contributed by atoms with Crippen LogP contribution in [0.4, 0.5) is 0 Å². The van der Waals surface area contributed by atoms with Crippen molar-refractivity contribution in [3.8, 4) is 23.2 Å². The van der Waals surface area contributed by atoms with Crippen molar-refractivity contribution in [3.05, 3.63) is 83.9 Å². The predicted octanol–water partition coefficient (Wildman–Crippen LogP) is 4.63. The molecule has 0 radical (unpaired) electrons. The van der Waals surface area contributed by atoms with Gasteiger partial charge in [-0.05, 0) is 35.9 Å². The highest BCUT2D eigenvalue weighted by Crippen LogP contribution is 2.28. The molecule has 4 nitrogen and oxygen atoms in total. The molecule has 1 heterocycles. The minimum atomic E-state index is 0.580. The highest BCUT2D eigenvalue weighted by molar-refractivity contribution is 5.81. The molecule has 0 aliphatic rings. The van der Waals surface area contributed by atoms with E-state index in [1.807, 2.05) is 66.7 Å². The van der Waals surface area contributed by atoms with Crippen molar-refractivity contribution in [2.45, 2.75) is 6.54 Å². The second-order valence-corrected chi connectivity index (χ2v) is 6.01. The molecule has 0 aliphatic carbocycles. The van der Waals surface area contributed by atoms with Crippen LogP contribution >= 0.6 is 0 Å². The molecule has 0 unspecified atom stereocenters. The van der Waals surface area contributed by atoms with E-state index in [0.717, 1.165) is 33.7 Å². The van der Waals surface area contributed by atoms with Crippen molar-refractivity contribution in [1.29, 1.82) is 5.26 Å². The third-order valence-corrected chi connectivity index (χ3v) is 4.45. The Hall–Kier alpha value is -3.58. The van der Waals surface area contributed by atoms with Crippen LogP contribution in [0.15, 0.2) is 72.8 Å². The molecule has 3 aromatic carbocycles. The van der Waals surface area contributed by atoms with Gasteiger partial charge >= 0.3 is 0 Å². The highest BCUT2D eigenvalue weighted by Gasteiger charge is 2.14. The molecular formula is C22H17N3O. The summed E-state index contributed by atoms with van der Waals surface area (Å²) in [5, 5.41) is 9.42. The molecule has 0 saturated carbocycles. The summed E-state index contributed by atoms with van der Waals surface area (Å²) in [6.07, 6.45) is 0. The van der Waals surface area contributed by atoms with Gasteiger partial charge in [0.05, 0.1) is 36.3 Å². The number of nitrogens with zero attached hydrogens (tertiary/aromatic N) is 3. The van der Waals surface area contributed by atoms with Gasteiger partial charge in [-0.3, -0.25) is 0 Å². The van der Waals surface area contributed by atoms with E-state index in [1.54, 1.807) is 7.11 Å². The first kappa shape index (κ1) is 15.9. The zero-order valence-electron chi connectivity index (χ0n) is 14.4. The molecule has 0 aliphatic heterocycles. The van der Waals surface area contributed by atoms with Gasteiger partial charge in [0.25, 0.3) is 0 Å². The number of hydrogen-bond acceptors (Lipinski definition) is 3. The first-order valence-electron chi connectivity index (χ1n) is 8.38. The Morgan fingerprint density at radius 2 is 1.81 bits per heavy atom. The lowest BCUT2D eigenvalue weighted by atomic mass is 10.1. The molecule has 0 amide bonds. The normalized spacial score (nSPS) is 10.6. The number of nitriles is 1. The van der Waals surface area contributed by atoms with E-state index in [9.17, 15) is 5.26 Å². The van der Waals surface area contributed by atoms with Gasteiger partial charge in [0, 0.05) is 5.56 Å². The first-order chi connectivity index (χ1) is 12.8.